The molecule has 2 atom stereocenters. The monoisotopic (exact) mass is 358 g/mol. The van der Waals surface area contributed by atoms with E-state index >= 15 is 0 Å². The Morgan fingerprint density at radius 2 is 2.20 bits per heavy atom. The number of esters is 1. The summed E-state index contributed by atoms with van der Waals surface area (Å²) in [6, 6.07) is 5.28. The fourth-order valence-electron chi connectivity index (χ4n) is 2.14. The van der Waals surface area contributed by atoms with Gasteiger partial charge < -0.3 is 9.30 Å². The van der Waals surface area contributed by atoms with Gasteiger partial charge in [-0.05, 0) is 39.0 Å². The van der Waals surface area contributed by atoms with Crippen LogP contribution in [0, 0.1) is 0 Å². The number of carbonyl (C=O) groups is 1. The molecule has 0 aliphatic carbocycles. The molecule has 0 fully saturated rings. The molecule has 0 saturated heterocycles. The van der Waals surface area contributed by atoms with Crippen LogP contribution in [0.3, 0.4) is 0 Å². The van der Waals surface area contributed by atoms with Gasteiger partial charge in [-0.3, -0.25) is 0 Å². The van der Waals surface area contributed by atoms with Crippen LogP contribution in [0.4, 0.5) is 0 Å². The average Bonchev–Trinajstić information content (AvgIpc) is 2.76. The van der Waals surface area contributed by atoms with Gasteiger partial charge in [0.1, 0.15) is 11.9 Å². The Kier molecular flexibility index (Phi) is 4.70. The van der Waals surface area contributed by atoms with Crippen LogP contribution in [-0.2, 0) is 9.53 Å². The molecule has 0 N–H and O–H groups in total. The third-order valence-corrected chi connectivity index (χ3v) is 3.74. The number of ether oxygens (including phenoxy) is 1. The largest absolute Gasteiger partial charge is 0.464 e. The van der Waals surface area contributed by atoms with E-state index in [0.717, 1.165) is 15.5 Å². The molecule has 1 aromatic carbocycles. The zero-order valence-electron chi connectivity index (χ0n) is 11.6. The number of hydrogen-bond acceptors (Lipinski definition) is 3. The van der Waals surface area contributed by atoms with Gasteiger partial charge in [0.15, 0.2) is 0 Å². The molecule has 108 valence electrons. The molecule has 0 radical (unpaired) electrons. The molecule has 0 bridgehead atoms. The predicted octanol–water partition coefficient (Wildman–Crippen LogP) is 4.22. The van der Waals surface area contributed by atoms with E-state index in [-0.39, 0.29) is 11.3 Å². The molecule has 2 unspecified atom stereocenters. The van der Waals surface area contributed by atoms with E-state index in [0.29, 0.717) is 12.4 Å². The van der Waals surface area contributed by atoms with Gasteiger partial charge >= 0.3 is 5.97 Å². The van der Waals surface area contributed by atoms with E-state index in [9.17, 15) is 4.79 Å². The maximum Gasteiger partial charge on any atom is 0.328 e. The molecule has 2 rings (SSSR count). The summed E-state index contributed by atoms with van der Waals surface area (Å²) >= 11 is 9.64. The maximum atomic E-state index is 12.0. The van der Waals surface area contributed by atoms with Crippen LogP contribution in [-0.4, -0.2) is 22.1 Å². The molecule has 0 saturated carbocycles. The van der Waals surface area contributed by atoms with E-state index in [4.69, 9.17) is 16.3 Å². The van der Waals surface area contributed by atoms with E-state index in [2.05, 4.69) is 20.9 Å². The van der Waals surface area contributed by atoms with Crippen molar-refractivity contribution in [2.24, 2.45) is 0 Å². The highest BCUT2D eigenvalue weighted by molar-refractivity contribution is 9.10. The number of alkyl halides is 1. The normalized spacial score (nSPS) is 14.2. The minimum atomic E-state index is -0.467. The van der Waals surface area contributed by atoms with Crippen LogP contribution in [0.15, 0.2) is 22.7 Å². The molecule has 4 nitrogen and oxygen atoms in total. The third kappa shape index (κ3) is 2.83. The van der Waals surface area contributed by atoms with E-state index in [1.54, 1.807) is 13.8 Å². The average molecular weight is 360 g/mol. The molecular formula is C14H16BrClN2O2. The number of hydrogen-bond donors (Lipinski definition) is 0. The summed E-state index contributed by atoms with van der Waals surface area (Å²) in [7, 11) is 0. The molecule has 2 aromatic rings. The molecule has 1 aromatic heterocycles. The summed E-state index contributed by atoms with van der Waals surface area (Å²) in [4.78, 5) is 16.5. The Hall–Kier alpha value is -1.07. The lowest BCUT2D eigenvalue weighted by Crippen LogP contribution is -2.21. The molecule has 0 aliphatic rings. The highest BCUT2D eigenvalue weighted by atomic mass is 79.9. The van der Waals surface area contributed by atoms with E-state index < -0.39 is 6.04 Å². The second-order valence-corrected chi connectivity index (χ2v) is 6.09. The first-order valence-electron chi connectivity index (χ1n) is 6.43. The Morgan fingerprint density at radius 3 is 2.80 bits per heavy atom. The minimum absolute atomic E-state index is 0.287. The highest BCUT2D eigenvalue weighted by Gasteiger charge is 2.24. The van der Waals surface area contributed by atoms with Crippen LogP contribution in [0.25, 0.3) is 11.0 Å². The predicted molar refractivity (Wildman–Crippen MR) is 83.0 cm³/mol. The van der Waals surface area contributed by atoms with Gasteiger partial charge in [-0.25, -0.2) is 9.78 Å². The van der Waals surface area contributed by atoms with Crippen LogP contribution < -0.4 is 0 Å². The molecular weight excluding hydrogens is 344 g/mol. The maximum absolute atomic E-state index is 12.0. The molecule has 0 aliphatic heterocycles. The quantitative estimate of drug-likeness (QED) is 0.606. The number of carbonyl (C=O) groups excluding carboxylic acids is 1. The SMILES string of the molecule is CCOC(=O)C(C)n1c(C(C)Cl)nc2ccc(Br)cc21. The second-order valence-electron chi connectivity index (χ2n) is 4.52. The van der Waals surface area contributed by atoms with Gasteiger partial charge in [-0.15, -0.1) is 11.6 Å². The third-order valence-electron chi connectivity index (χ3n) is 3.05. The van der Waals surface area contributed by atoms with Crippen molar-refractivity contribution in [2.45, 2.75) is 32.2 Å². The zero-order valence-corrected chi connectivity index (χ0v) is 13.9. The first-order valence-corrected chi connectivity index (χ1v) is 7.66. The summed E-state index contributed by atoms with van der Waals surface area (Å²) in [6.07, 6.45) is 0. The molecule has 1 heterocycles. The number of rotatable bonds is 4. The lowest BCUT2D eigenvalue weighted by molar-refractivity contribution is -0.146. The Bertz CT molecular complexity index is 639. The molecule has 0 amide bonds. The number of benzene rings is 1. The van der Waals surface area contributed by atoms with Crippen molar-refractivity contribution in [3.8, 4) is 0 Å². The fourth-order valence-corrected chi connectivity index (χ4v) is 2.64. The van der Waals surface area contributed by atoms with Crippen molar-refractivity contribution >= 4 is 44.5 Å². The van der Waals surface area contributed by atoms with Gasteiger partial charge in [0.2, 0.25) is 0 Å². The van der Waals surface area contributed by atoms with Gasteiger partial charge in [-0.1, -0.05) is 15.9 Å². The lowest BCUT2D eigenvalue weighted by atomic mass is 10.2. The highest BCUT2D eigenvalue weighted by Crippen LogP contribution is 2.30. The number of halogens is 2. The second kappa shape index (κ2) is 6.14. The summed E-state index contributed by atoms with van der Waals surface area (Å²) in [5, 5.41) is -0.293. The minimum Gasteiger partial charge on any atom is -0.464 e. The standard InChI is InChI=1S/C14H16BrClN2O2/c1-4-20-14(19)9(3)18-12-7-10(15)5-6-11(12)17-13(18)8(2)16/h5-9H,4H2,1-3H3. The topological polar surface area (TPSA) is 44.1 Å². The van der Waals surface area contributed by atoms with Gasteiger partial charge in [-0.2, -0.15) is 0 Å². The van der Waals surface area contributed by atoms with Gasteiger partial charge in [0.25, 0.3) is 0 Å². The van der Waals surface area contributed by atoms with E-state index in [1.807, 2.05) is 29.7 Å². The van der Waals surface area contributed by atoms with Crippen molar-refractivity contribution in [2.75, 3.05) is 6.61 Å². The van der Waals surface area contributed by atoms with Crippen molar-refractivity contribution in [3.05, 3.63) is 28.5 Å². The molecule has 20 heavy (non-hydrogen) atoms. The van der Waals surface area contributed by atoms with Crippen LogP contribution in [0.2, 0.25) is 0 Å². The smallest absolute Gasteiger partial charge is 0.328 e. The number of nitrogens with zero attached hydrogens (tertiary/aromatic N) is 2. The van der Waals surface area contributed by atoms with Crippen molar-refractivity contribution in [1.82, 2.24) is 9.55 Å². The summed E-state index contributed by atoms with van der Waals surface area (Å²) in [5.74, 6) is 0.380. The molecule has 0 spiro atoms. The van der Waals surface area contributed by atoms with Crippen LogP contribution in [0.5, 0.6) is 0 Å². The summed E-state index contributed by atoms with van der Waals surface area (Å²) in [5.41, 5.74) is 1.68. The number of fused-ring (bicyclic) bond motifs is 1. The Labute approximate surface area is 131 Å². The Balaban J connectivity index is 2.61. The fraction of sp³-hybridized carbons (Fsp3) is 0.429. The first-order chi connectivity index (χ1) is 9.45. The van der Waals surface area contributed by atoms with Crippen molar-refractivity contribution in [1.29, 1.82) is 0 Å². The van der Waals surface area contributed by atoms with E-state index in [1.165, 1.54) is 0 Å². The zero-order chi connectivity index (χ0) is 14.9. The first kappa shape index (κ1) is 15.3. The van der Waals surface area contributed by atoms with Crippen molar-refractivity contribution < 1.29 is 9.53 Å². The van der Waals surface area contributed by atoms with Crippen molar-refractivity contribution in [3.63, 3.8) is 0 Å². The van der Waals surface area contributed by atoms with Crippen LogP contribution in [0.1, 0.15) is 38.0 Å². The summed E-state index contributed by atoms with van der Waals surface area (Å²) in [6.45, 7) is 5.78. The van der Waals surface area contributed by atoms with Gasteiger partial charge in [0.05, 0.1) is 23.0 Å². The Morgan fingerprint density at radius 1 is 1.50 bits per heavy atom. The van der Waals surface area contributed by atoms with Crippen LogP contribution >= 0.6 is 27.5 Å². The van der Waals surface area contributed by atoms with Gasteiger partial charge in [0, 0.05) is 4.47 Å². The number of aromatic nitrogens is 2. The summed E-state index contributed by atoms with van der Waals surface area (Å²) < 4.78 is 7.87. The lowest BCUT2D eigenvalue weighted by Gasteiger charge is -2.17. The molecule has 6 heteroatoms. The number of imidazole rings is 1.